The summed E-state index contributed by atoms with van der Waals surface area (Å²) in [4.78, 5) is 11.7. The van der Waals surface area contributed by atoms with E-state index in [0.29, 0.717) is 18.2 Å². The van der Waals surface area contributed by atoms with Gasteiger partial charge in [0.2, 0.25) is 11.8 Å². The van der Waals surface area contributed by atoms with Crippen molar-refractivity contribution < 1.29 is 18.3 Å². The molecule has 0 spiro atoms. The van der Waals surface area contributed by atoms with Crippen LogP contribution in [0.4, 0.5) is 4.39 Å². The van der Waals surface area contributed by atoms with E-state index >= 15 is 0 Å². The molecular weight excluding hydrogens is 319 g/mol. The minimum atomic E-state index is -0.531. The lowest BCUT2D eigenvalue weighted by atomic mass is 10.2. The number of aromatic nitrogens is 2. The molecule has 1 aromatic carbocycles. The van der Waals surface area contributed by atoms with Gasteiger partial charge in [-0.25, -0.2) is 9.18 Å². The highest BCUT2D eigenvalue weighted by Gasteiger charge is 2.10. The Bertz CT molecular complexity index is 600. The first kappa shape index (κ1) is 13.7. The SMILES string of the molecule is Cc1nnc(CCOC(=O)c2ccc(F)c(Br)c2)o1. The van der Waals surface area contributed by atoms with Gasteiger partial charge < -0.3 is 9.15 Å². The Balaban J connectivity index is 1.89. The number of benzene rings is 1. The van der Waals surface area contributed by atoms with E-state index in [1.165, 1.54) is 18.2 Å². The van der Waals surface area contributed by atoms with Crippen LogP contribution in [-0.2, 0) is 11.2 Å². The lowest BCUT2D eigenvalue weighted by molar-refractivity contribution is 0.0503. The molecule has 0 atom stereocenters. The first-order valence-corrected chi connectivity index (χ1v) is 6.26. The summed E-state index contributed by atoms with van der Waals surface area (Å²) >= 11 is 3.01. The van der Waals surface area contributed by atoms with Gasteiger partial charge in [-0.05, 0) is 34.1 Å². The van der Waals surface area contributed by atoms with Crippen molar-refractivity contribution in [2.45, 2.75) is 13.3 Å². The third-order valence-electron chi connectivity index (χ3n) is 2.27. The van der Waals surface area contributed by atoms with Crippen molar-refractivity contribution >= 4 is 21.9 Å². The molecule has 0 fully saturated rings. The number of rotatable bonds is 4. The number of nitrogens with zero attached hydrogens (tertiary/aromatic N) is 2. The molecule has 0 bridgehead atoms. The molecule has 1 heterocycles. The van der Waals surface area contributed by atoms with Crippen LogP contribution in [0.15, 0.2) is 27.1 Å². The van der Waals surface area contributed by atoms with E-state index in [1.54, 1.807) is 6.92 Å². The summed E-state index contributed by atoms with van der Waals surface area (Å²) in [7, 11) is 0. The monoisotopic (exact) mass is 328 g/mol. The van der Waals surface area contributed by atoms with Crippen molar-refractivity contribution in [3.63, 3.8) is 0 Å². The van der Waals surface area contributed by atoms with E-state index in [1.807, 2.05) is 0 Å². The topological polar surface area (TPSA) is 65.2 Å². The third kappa shape index (κ3) is 3.60. The molecule has 100 valence electrons. The smallest absolute Gasteiger partial charge is 0.338 e. The van der Waals surface area contributed by atoms with E-state index in [0.717, 1.165) is 0 Å². The van der Waals surface area contributed by atoms with Crippen LogP contribution in [-0.4, -0.2) is 22.8 Å². The predicted octanol–water partition coefficient (Wildman–Crippen LogP) is 2.68. The molecule has 5 nitrogen and oxygen atoms in total. The van der Waals surface area contributed by atoms with Gasteiger partial charge in [0, 0.05) is 6.92 Å². The molecule has 0 N–H and O–H groups in total. The van der Waals surface area contributed by atoms with Crippen LogP contribution in [0.5, 0.6) is 0 Å². The molecule has 0 saturated heterocycles. The number of aryl methyl sites for hydroxylation is 1. The van der Waals surface area contributed by atoms with E-state index < -0.39 is 11.8 Å². The number of ether oxygens (including phenoxy) is 1. The highest BCUT2D eigenvalue weighted by molar-refractivity contribution is 9.10. The normalized spacial score (nSPS) is 10.5. The van der Waals surface area contributed by atoms with Gasteiger partial charge in [0.1, 0.15) is 12.4 Å². The highest BCUT2D eigenvalue weighted by atomic mass is 79.9. The van der Waals surface area contributed by atoms with Crippen molar-refractivity contribution in [2.75, 3.05) is 6.61 Å². The van der Waals surface area contributed by atoms with Crippen LogP contribution in [0.2, 0.25) is 0 Å². The van der Waals surface area contributed by atoms with E-state index in [4.69, 9.17) is 9.15 Å². The largest absolute Gasteiger partial charge is 0.462 e. The fourth-order valence-corrected chi connectivity index (χ4v) is 1.75. The van der Waals surface area contributed by atoms with Crippen molar-refractivity contribution in [1.29, 1.82) is 0 Å². The minimum absolute atomic E-state index is 0.120. The third-order valence-corrected chi connectivity index (χ3v) is 2.88. The number of esters is 1. The fourth-order valence-electron chi connectivity index (χ4n) is 1.38. The molecule has 0 amide bonds. The van der Waals surface area contributed by atoms with Crippen LogP contribution in [0.25, 0.3) is 0 Å². The van der Waals surface area contributed by atoms with Gasteiger partial charge in [-0.15, -0.1) is 10.2 Å². The highest BCUT2D eigenvalue weighted by Crippen LogP contribution is 2.17. The van der Waals surface area contributed by atoms with E-state index in [9.17, 15) is 9.18 Å². The maximum Gasteiger partial charge on any atom is 0.338 e. The van der Waals surface area contributed by atoms with Crippen LogP contribution in [0.1, 0.15) is 22.1 Å². The maximum atomic E-state index is 13.0. The Hall–Kier alpha value is -1.76. The van der Waals surface area contributed by atoms with Gasteiger partial charge in [0.25, 0.3) is 0 Å². The van der Waals surface area contributed by atoms with Gasteiger partial charge in [-0.3, -0.25) is 0 Å². The van der Waals surface area contributed by atoms with Crippen molar-refractivity contribution in [2.24, 2.45) is 0 Å². The number of hydrogen-bond donors (Lipinski definition) is 0. The maximum absolute atomic E-state index is 13.0. The molecule has 7 heteroatoms. The zero-order valence-electron chi connectivity index (χ0n) is 10.0. The first-order valence-electron chi connectivity index (χ1n) is 5.47. The van der Waals surface area contributed by atoms with E-state index in [-0.39, 0.29) is 16.6 Å². The second kappa shape index (κ2) is 5.92. The van der Waals surface area contributed by atoms with Gasteiger partial charge in [0.05, 0.1) is 16.5 Å². The molecule has 0 aliphatic carbocycles. The molecule has 19 heavy (non-hydrogen) atoms. The molecule has 0 saturated carbocycles. The minimum Gasteiger partial charge on any atom is -0.462 e. The van der Waals surface area contributed by atoms with Crippen LogP contribution in [0.3, 0.4) is 0 Å². The second-order valence-corrected chi connectivity index (χ2v) is 4.58. The van der Waals surface area contributed by atoms with E-state index in [2.05, 4.69) is 26.1 Å². The van der Waals surface area contributed by atoms with Crippen LogP contribution < -0.4 is 0 Å². The molecule has 0 radical (unpaired) electrons. The quantitative estimate of drug-likeness (QED) is 0.807. The van der Waals surface area contributed by atoms with Crippen molar-refractivity contribution in [3.05, 3.63) is 45.8 Å². The Morgan fingerprint density at radius 1 is 1.47 bits per heavy atom. The summed E-state index contributed by atoms with van der Waals surface area (Å²) in [6.45, 7) is 1.80. The molecule has 2 rings (SSSR count). The predicted molar refractivity (Wildman–Crippen MR) is 67.1 cm³/mol. The molecule has 0 aliphatic rings. The Morgan fingerprint density at radius 2 is 2.26 bits per heavy atom. The molecule has 2 aromatic rings. The standard InChI is InChI=1S/C12H10BrFN2O3/c1-7-15-16-11(19-7)4-5-18-12(17)8-2-3-10(14)9(13)6-8/h2-3,6H,4-5H2,1H3. The summed E-state index contributed by atoms with van der Waals surface area (Å²) in [5.41, 5.74) is 0.273. The second-order valence-electron chi connectivity index (χ2n) is 3.73. The lowest BCUT2D eigenvalue weighted by Gasteiger charge is -2.04. The Morgan fingerprint density at radius 3 is 2.89 bits per heavy atom. The molecule has 1 aromatic heterocycles. The zero-order chi connectivity index (χ0) is 13.8. The summed E-state index contributed by atoms with van der Waals surface area (Å²) < 4.78 is 23.4. The number of hydrogen-bond acceptors (Lipinski definition) is 5. The summed E-state index contributed by atoms with van der Waals surface area (Å²) in [6.07, 6.45) is 0.342. The first-order chi connectivity index (χ1) is 9.06. The fraction of sp³-hybridized carbons (Fsp3) is 0.250. The Labute approximate surface area is 116 Å². The van der Waals surface area contributed by atoms with Crippen LogP contribution >= 0.6 is 15.9 Å². The van der Waals surface area contributed by atoms with Crippen molar-refractivity contribution in [3.8, 4) is 0 Å². The van der Waals surface area contributed by atoms with Crippen molar-refractivity contribution in [1.82, 2.24) is 10.2 Å². The summed E-state index contributed by atoms with van der Waals surface area (Å²) in [6, 6.07) is 3.93. The summed E-state index contributed by atoms with van der Waals surface area (Å²) in [5.74, 6) is -0.0933. The lowest BCUT2D eigenvalue weighted by Crippen LogP contribution is -2.08. The average Bonchev–Trinajstić information content (AvgIpc) is 2.78. The number of halogens is 2. The van der Waals surface area contributed by atoms with Gasteiger partial charge in [0.15, 0.2) is 0 Å². The molecule has 0 aliphatic heterocycles. The van der Waals surface area contributed by atoms with Gasteiger partial charge in [-0.1, -0.05) is 0 Å². The Kier molecular flexibility index (Phi) is 4.26. The van der Waals surface area contributed by atoms with Gasteiger partial charge >= 0.3 is 5.97 Å². The summed E-state index contributed by atoms with van der Waals surface area (Å²) in [5, 5.41) is 7.43. The number of carbonyl (C=O) groups is 1. The number of carbonyl (C=O) groups excluding carboxylic acids is 1. The average molecular weight is 329 g/mol. The molecular formula is C12H10BrFN2O3. The van der Waals surface area contributed by atoms with Crippen LogP contribution in [0, 0.1) is 12.7 Å². The molecule has 0 unspecified atom stereocenters. The van der Waals surface area contributed by atoms with Gasteiger partial charge in [-0.2, -0.15) is 0 Å². The zero-order valence-corrected chi connectivity index (χ0v) is 11.6.